The number of hydrogen-bond donors (Lipinski definition) is 1. The summed E-state index contributed by atoms with van der Waals surface area (Å²) in [5.74, 6) is 0. The van der Waals surface area contributed by atoms with E-state index in [0.717, 1.165) is 23.0 Å². The van der Waals surface area contributed by atoms with Crippen LogP contribution in [0.2, 0.25) is 19.1 Å². The molecule has 0 saturated carbocycles. The maximum absolute atomic E-state index is 8.50. The minimum atomic E-state index is -1.30. The van der Waals surface area contributed by atoms with E-state index < -0.39 is 8.32 Å². The fourth-order valence-electron chi connectivity index (χ4n) is 0.607. The average Bonchev–Trinajstić information content (AvgIpc) is 1.84. The van der Waals surface area contributed by atoms with E-state index in [2.05, 4.69) is 13.1 Å². The van der Waals surface area contributed by atoms with Gasteiger partial charge >= 0.3 is 0 Å². The van der Waals surface area contributed by atoms with E-state index in [-0.39, 0.29) is 0 Å². The molecule has 0 aromatic rings. The monoisotopic (exact) mass is 164 g/mol. The van der Waals surface area contributed by atoms with Gasteiger partial charge in [0.25, 0.3) is 0 Å². The van der Waals surface area contributed by atoms with Crippen LogP contribution in [0.25, 0.3) is 0 Å². The Morgan fingerprint density at radius 3 is 2.44 bits per heavy atom. The third-order valence-electron chi connectivity index (χ3n) is 1.49. The lowest BCUT2D eigenvalue weighted by Crippen LogP contribution is -2.28. The maximum atomic E-state index is 8.50. The standard InChI is InChI=1S/C5H16O2Si2/c1-9(2,7-8)5-3-4-6/h6H,3-5H2,1-2,8H3. The summed E-state index contributed by atoms with van der Waals surface area (Å²) >= 11 is 0. The highest BCUT2D eigenvalue weighted by molar-refractivity contribution is 6.73. The molecule has 0 atom stereocenters. The predicted molar refractivity (Wildman–Crippen MR) is 45.0 cm³/mol. The lowest BCUT2D eigenvalue weighted by molar-refractivity contribution is 0.293. The van der Waals surface area contributed by atoms with Crippen molar-refractivity contribution in [2.45, 2.75) is 25.6 Å². The number of hydrogen-bond acceptors (Lipinski definition) is 2. The smallest absolute Gasteiger partial charge is 0.172 e. The van der Waals surface area contributed by atoms with Crippen LogP contribution in [0.5, 0.6) is 0 Å². The van der Waals surface area contributed by atoms with Crippen LogP contribution in [0.1, 0.15) is 6.42 Å². The zero-order valence-electron chi connectivity index (χ0n) is 6.48. The van der Waals surface area contributed by atoms with Crippen molar-refractivity contribution in [1.82, 2.24) is 0 Å². The normalized spacial score (nSPS) is 12.3. The van der Waals surface area contributed by atoms with Crippen LogP contribution in [0.15, 0.2) is 0 Å². The second-order valence-corrected chi connectivity index (χ2v) is 8.44. The van der Waals surface area contributed by atoms with Gasteiger partial charge in [-0.3, -0.25) is 0 Å². The summed E-state index contributed by atoms with van der Waals surface area (Å²) in [7, 11) is -0.452. The molecule has 0 aliphatic heterocycles. The molecule has 0 aliphatic carbocycles. The molecule has 0 radical (unpaired) electrons. The third-order valence-corrected chi connectivity index (χ3v) is 7.47. The van der Waals surface area contributed by atoms with E-state index in [1.54, 1.807) is 0 Å². The molecule has 0 aromatic heterocycles. The molecule has 9 heavy (non-hydrogen) atoms. The SMILES string of the molecule is C[Si](C)(CCCO)O[SiH3]. The first-order valence-corrected chi connectivity index (χ1v) is 7.21. The first kappa shape index (κ1) is 9.35. The van der Waals surface area contributed by atoms with E-state index in [0.29, 0.717) is 6.61 Å². The van der Waals surface area contributed by atoms with E-state index in [1.165, 1.54) is 0 Å². The minimum absolute atomic E-state index is 0.307. The van der Waals surface area contributed by atoms with Gasteiger partial charge in [0.05, 0.1) is 0 Å². The van der Waals surface area contributed by atoms with Crippen molar-refractivity contribution >= 4 is 18.8 Å². The molecule has 4 heteroatoms. The fraction of sp³-hybridized carbons (Fsp3) is 1.00. The summed E-state index contributed by atoms with van der Waals surface area (Å²) in [4.78, 5) is 0. The van der Waals surface area contributed by atoms with Gasteiger partial charge in [0.1, 0.15) is 10.5 Å². The van der Waals surface area contributed by atoms with E-state index >= 15 is 0 Å². The van der Waals surface area contributed by atoms with Crippen LogP contribution in [-0.4, -0.2) is 30.5 Å². The van der Waals surface area contributed by atoms with E-state index in [1.807, 2.05) is 0 Å². The Hall–Kier alpha value is 0.354. The van der Waals surface area contributed by atoms with Crippen LogP contribution in [0.3, 0.4) is 0 Å². The van der Waals surface area contributed by atoms with E-state index in [4.69, 9.17) is 9.22 Å². The van der Waals surface area contributed by atoms with Crippen molar-refractivity contribution in [3.8, 4) is 0 Å². The summed E-state index contributed by atoms with van der Waals surface area (Å²) < 4.78 is 5.41. The van der Waals surface area contributed by atoms with Crippen LogP contribution in [0, 0.1) is 0 Å². The quantitative estimate of drug-likeness (QED) is 0.587. The molecule has 1 N–H and O–H groups in total. The molecule has 56 valence electrons. The summed E-state index contributed by atoms with van der Waals surface area (Å²) in [6, 6.07) is 1.09. The van der Waals surface area contributed by atoms with Gasteiger partial charge in [-0.1, -0.05) is 0 Å². The summed E-state index contributed by atoms with van der Waals surface area (Å²) in [6.45, 7) is 4.69. The molecule has 0 heterocycles. The van der Waals surface area contributed by atoms with Crippen LogP contribution in [-0.2, 0) is 4.12 Å². The molecule has 0 spiro atoms. The average molecular weight is 164 g/mol. The highest BCUT2D eigenvalue weighted by Crippen LogP contribution is 2.10. The molecule has 0 aliphatic rings. The minimum Gasteiger partial charge on any atom is -0.463 e. The Labute approximate surface area is 60.9 Å². The fourth-order valence-corrected chi connectivity index (χ4v) is 2.43. The first-order valence-electron chi connectivity index (χ1n) is 3.28. The number of aliphatic hydroxyl groups excluding tert-OH is 1. The van der Waals surface area contributed by atoms with Crippen molar-refractivity contribution in [1.29, 1.82) is 0 Å². The van der Waals surface area contributed by atoms with Gasteiger partial charge in [-0.2, -0.15) is 0 Å². The molecule has 0 amide bonds. The lowest BCUT2D eigenvalue weighted by atomic mass is 10.5. The number of rotatable bonds is 4. The third kappa shape index (κ3) is 4.83. The number of aliphatic hydroxyl groups is 1. The molecule has 0 unspecified atom stereocenters. The van der Waals surface area contributed by atoms with Gasteiger partial charge in [-0.15, -0.1) is 0 Å². The zero-order chi connectivity index (χ0) is 7.33. The van der Waals surface area contributed by atoms with Crippen LogP contribution >= 0.6 is 0 Å². The summed E-state index contributed by atoms with van der Waals surface area (Å²) in [6.07, 6.45) is 0.904. The van der Waals surface area contributed by atoms with Gasteiger partial charge in [0.15, 0.2) is 8.32 Å². The highest BCUT2D eigenvalue weighted by Gasteiger charge is 2.17. The summed E-state index contributed by atoms with van der Waals surface area (Å²) in [5.41, 5.74) is 0. The molecule has 0 bridgehead atoms. The van der Waals surface area contributed by atoms with Crippen molar-refractivity contribution < 1.29 is 9.22 Å². The zero-order valence-corrected chi connectivity index (χ0v) is 9.48. The van der Waals surface area contributed by atoms with Crippen molar-refractivity contribution in [3.05, 3.63) is 0 Å². The van der Waals surface area contributed by atoms with E-state index in [9.17, 15) is 0 Å². The van der Waals surface area contributed by atoms with Gasteiger partial charge in [-0.25, -0.2) is 0 Å². The molecule has 0 aromatic carbocycles. The van der Waals surface area contributed by atoms with Crippen LogP contribution in [0.4, 0.5) is 0 Å². The Balaban J connectivity index is 3.33. The van der Waals surface area contributed by atoms with Gasteiger partial charge < -0.3 is 9.22 Å². The first-order chi connectivity index (χ1) is 4.12. The Bertz CT molecular complexity index is 75.4. The van der Waals surface area contributed by atoms with Crippen LogP contribution < -0.4 is 0 Å². The molecule has 0 rings (SSSR count). The Kier molecular flexibility index (Phi) is 4.38. The second kappa shape index (κ2) is 4.21. The predicted octanol–water partition coefficient (Wildman–Crippen LogP) is -0.129. The lowest BCUT2D eigenvalue weighted by Gasteiger charge is -2.19. The Morgan fingerprint density at radius 1 is 1.56 bits per heavy atom. The van der Waals surface area contributed by atoms with Crippen molar-refractivity contribution in [2.24, 2.45) is 0 Å². The largest absolute Gasteiger partial charge is 0.463 e. The second-order valence-electron chi connectivity index (χ2n) is 2.79. The van der Waals surface area contributed by atoms with Gasteiger partial charge in [-0.05, 0) is 25.6 Å². The Morgan fingerprint density at radius 2 is 2.11 bits per heavy atom. The van der Waals surface area contributed by atoms with Crippen molar-refractivity contribution in [2.75, 3.05) is 6.61 Å². The van der Waals surface area contributed by atoms with Gasteiger partial charge in [0, 0.05) is 6.61 Å². The molecule has 0 saturated heterocycles. The topological polar surface area (TPSA) is 29.5 Å². The molecule has 0 fully saturated rings. The van der Waals surface area contributed by atoms with Gasteiger partial charge in [0.2, 0.25) is 0 Å². The van der Waals surface area contributed by atoms with Crippen molar-refractivity contribution in [3.63, 3.8) is 0 Å². The molecular weight excluding hydrogens is 148 g/mol. The molecular formula is C5H16O2Si2. The molecule has 2 nitrogen and oxygen atoms in total. The maximum Gasteiger partial charge on any atom is 0.172 e. The highest BCUT2D eigenvalue weighted by atomic mass is 28.4. The summed E-state index contributed by atoms with van der Waals surface area (Å²) in [5, 5.41) is 8.50.